The fraction of sp³-hybridized carbons (Fsp3) is 0.227. The van der Waals surface area contributed by atoms with Crippen molar-refractivity contribution < 1.29 is 13.9 Å². The van der Waals surface area contributed by atoms with Gasteiger partial charge in [0.15, 0.2) is 5.50 Å². The number of hydrogen-bond donors (Lipinski definition) is 0. The van der Waals surface area contributed by atoms with Gasteiger partial charge in [-0.1, -0.05) is 23.4 Å². The number of nitrogens with zero attached hydrogens (tertiary/aromatic N) is 2. The zero-order valence-corrected chi connectivity index (χ0v) is 19.4. The predicted octanol–water partition coefficient (Wildman–Crippen LogP) is 5.45. The second-order valence-corrected chi connectivity index (χ2v) is 11.4. The van der Waals surface area contributed by atoms with Crippen molar-refractivity contribution in [1.82, 2.24) is 0 Å². The summed E-state index contributed by atoms with van der Waals surface area (Å²) in [7, 11) is 0. The van der Waals surface area contributed by atoms with Gasteiger partial charge in [0.05, 0.1) is 11.0 Å². The first-order valence-corrected chi connectivity index (χ1v) is 12.9. The number of aryl methyl sites for hydroxylation is 1. The molecule has 0 fully saturated rings. The Morgan fingerprint density at radius 3 is 2.37 bits per heavy atom. The maximum Gasteiger partial charge on any atom is 0.424 e. The number of rotatable bonds is 5. The highest BCUT2D eigenvalue weighted by Crippen LogP contribution is 2.55. The summed E-state index contributed by atoms with van der Waals surface area (Å²) < 4.78 is 13.3. The van der Waals surface area contributed by atoms with Gasteiger partial charge in [-0.25, -0.2) is 9.46 Å². The highest BCUT2D eigenvalue weighted by molar-refractivity contribution is 8.22. The third kappa shape index (κ3) is 3.43. The van der Waals surface area contributed by atoms with Crippen LogP contribution in [-0.2, 0) is 11.8 Å². The van der Waals surface area contributed by atoms with Gasteiger partial charge in [0, 0.05) is 29.9 Å². The number of ether oxygens (including phenoxy) is 1. The van der Waals surface area contributed by atoms with Gasteiger partial charge in [0.25, 0.3) is 0 Å². The number of carbonyl (C=O) groups is 1. The summed E-state index contributed by atoms with van der Waals surface area (Å²) in [6, 6.07) is 16.6. The number of halogens is 1. The molecule has 1 unspecified atom stereocenters. The van der Waals surface area contributed by atoms with E-state index in [9.17, 15) is 4.79 Å². The van der Waals surface area contributed by atoms with Gasteiger partial charge < -0.3 is 14.1 Å². The van der Waals surface area contributed by atoms with Gasteiger partial charge >= 0.3 is 6.09 Å². The molecule has 30 heavy (non-hydrogen) atoms. The first-order valence-electron chi connectivity index (χ1n) is 9.73. The summed E-state index contributed by atoms with van der Waals surface area (Å²) in [5.41, 5.74) is 2.21. The fourth-order valence-corrected chi connectivity index (χ4v) is 7.60. The van der Waals surface area contributed by atoms with Gasteiger partial charge in [-0.15, -0.1) is 0 Å². The maximum atomic E-state index is 13.2. The number of anilines is 2. The van der Waals surface area contributed by atoms with Gasteiger partial charge in [-0.3, -0.25) is 0 Å². The molecule has 1 aromatic heterocycles. The molecule has 0 saturated heterocycles. The molecule has 2 heterocycles. The van der Waals surface area contributed by atoms with Crippen molar-refractivity contribution >= 4 is 57.9 Å². The van der Waals surface area contributed by atoms with E-state index in [-0.39, 0.29) is 0 Å². The number of hydrogen-bond acceptors (Lipinski definition) is 5. The summed E-state index contributed by atoms with van der Waals surface area (Å²) in [5, 5.41) is 1.37. The van der Waals surface area contributed by atoms with Crippen LogP contribution < -0.4 is 25.1 Å². The molecule has 0 spiro atoms. The summed E-state index contributed by atoms with van der Waals surface area (Å²) >= 11 is 12.3. The molecule has 156 valence electrons. The molecule has 0 N–H and O–H groups in total. The van der Waals surface area contributed by atoms with Crippen LogP contribution in [0.1, 0.15) is 19.6 Å². The van der Waals surface area contributed by atoms with E-state index in [1.165, 1.54) is 0 Å². The van der Waals surface area contributed by atoms with Crippen LogP contribution in [-0.4, -0.2) is 19.2 Å². The Balaban J connectivity index is 1.94. The highest BCUT2D eigenvalue weighted by atomic mass is 35.5. The minimum atomic E-state index is -2.84. The first-order chi connectivity index (χ1) is 14.4. The van der Waals surface area contributed by atoms with Crippen molar-refractivity contribution in [3.05, 3.63) is 65.4 Å². The zero-order chi connectivity index (χ0) is 21.5. The number of benzene rings is 2. The number of fused-ring (bicyclic) bond motifs is 1. The van der Waals surface area contributed by atoms with Gasteiger partial charge in [0.2, 0.25) is 0 Å². The first kappa shape index (κ1) is 21.0. The monoisotopic (exact) mass is 460 g/mol. The Kier molecular flexibility index (Phi) is 5.67. The van der Waals surface area contributed by atoms with Gasteiger partial charge in [0.1, 0.15) is 17.7 Å². The standard InChI is InChI=1S/C22H22ClN2O3PS/c1-4-24(5-2)18-11-12-20-19(14-18)28-22(26)25(17-9-7-16(23)8-10-17)29(20,30)21-13-6-15(3)27-21/h6-14H,4-5H2,1-3H3. The van der Waals surface area contributed by atoms with Crippen molar-refractivity contribution in [2.45, 2.75) is 20.8 Å². The fourth-order valence-electron chi connectivity index (χ4n) is 3.63. The van der Waals surface area contributed by atoms with Crippen molar-refractivity contribution in [3.63, 3.8) is 0 Å². The lowest BCUT2D eigenvalue weighted by atomic mass is 10.2. The van der Waals surface area contributed by atoms with Crippen LogP contribution in [0.25, 0.3) is 0 Å². The molecule has 2 aromatic carbocycles. The Labute approximate surface area is 186 Å². The average Bonchev–Trinajstić information content (AvgIpc) is 3.17. The summed E-state index contributed by atoms with van der Waals surface area (Å²) in [4.78, 5) is 15.4. The summed E-state index contributed by atoms with van der Waals surface area (Å²) in [6.07, 6.45) is -3.36. The molecule has 8 heteroatoms. The van der Waals surface area contributed by atoms with E-state index in [2.05, 4.69) is 18.7 Å². The molecule has 1 atom stereocenters. The van der Waals surface area contributed by atoms with Crippen LogP contribution >= 0.6 is 17.8 Å². The second-order valence-electron chi connectivity index (χ2n) is 6.94. The maximum absolute atomic E-state index is 13.2. The molecule has 5 nitrogen and oxygen atoms in total. The molecule has 0 aliphatic carbocycles. The van der Waals surface area contributed by atoms with Crippen molar-refractivity contribution in [2.75, 3.05) is 22.7 Å². The minimum Gasteiger partial charge on any atom is -0.459 e. The van der Waals surface area contributed by atoms with Crippen molar-refractivity contribution in [2.24, 2.45) is 0 Å². The largest absolute Gasteiger partial charge is 0.459 e. The van der Waals surface area contributed by atoms with Crippen molar-refractivity contribution in [1.29, 1.82) is 0 Å². The van der Waals surface area contributed by atoms with Crippen LogP contribution in [0, 0.1) is 6.92 Å². The van der Waals surface area contributed by atoms with Gasteiger partial charge in [-0.05, 0) is 69.3 Å². The molecule has 1 amide bonds. The van der Waals surface area contributed by atoms with E-state index in [0.29, 0.717) is 22.0 Å². The SMILES string of the molecule is CCN(CC)c1ccc2c(c1)OC(=O)N(c1ccc(Cl)cc1)P2(=S)c1ccc(C)o1. The molecule has 0 radical (unpaired) electrons. The van der Waals surface area contributed by atoms with Crippen LogP contribution in [0.2, 0.25) is 5.02 Å². The van der Waals surface area contributed by atoms with Crippen molar-refractivity contribution in [3.8, 4) is 5.75 Å². The Bertz CT molecular complexity index is 1140. The third-order valence-electron chi connectivity index (χ3n) is 5.15. The molecule has 4 rings (SSSR count). The topological polar surface area (TPSA) is 45.9 Å². The summed E-state index contributed by atoms with van der Waals surface area (Å²) in [6.45, 7) is 7.75. The van der Waals surface area contributed by atoms with E-state index in [0.717, 1.165) is 29.8 Å². The Hall–Kier alpha value is -2.27. The molecular weight excluding hydrogens is 439 g/mol. The van der Waals surface area contributed by atoms with E-state index >= 15 is 0 Å². The molecular formula is C22H22ClN2O3PS. The van der Waals surface area contributed by atoms with Crippen LogP contribution in [0.5, 0.6) is 5.75 Å². The van der Waals surface area contributed by atoms with Crippen LogP contribution in [0.15, 0.2) is 59.0 Å². The molecule has 1 aliphatic rings. The Morgan fingerprint density at radius 1 is 1.07 bits per heavy atom. The van der Waals surface area contributed by atoms with E-state index < -0.39 is 12.3 Å². The number of furan rings is 1. The highest BCUT2D eigenvalue weighted by Gasteiger charge is 2.44. The Morgan fingerprint density at radius 2 is 1.77 bits per heavy atom. The second kappa shape index (κ2) is 8.10. The number of carbonyl (C=O) groups excluding carboxylic acids is 1. The normalized spacial score (nSPS) is 18.1. The molecule has 1 aliphatic heterocycles. The predicted molar refractivity (Wildman–Crippen MR) is 127 cm³/mol. The number of amides is 1. The van der Waals surface area contributed by atoms with E-state index in [4.69, 9.17) is 32.6 Å². The van der Waals surface area contributed by atoms with Crippen LogP contribution in [0.4, 0.5) is 16.2 Å². The van der Waals surface area contributed by atoms with E-state index in [1.807, 2.05) is 37.3 Å². The molecule has 3 aromatic rings. The van der Waals surface area contributed by atoms with E-state index in [1.54, 1.807) is 28.9 Å². The van der Waals surface area contributed by atoms with Gasteiger partial charge in [-0.2, -0.15) is 0 Å². The molecule has 0 saturated carbocycles. The average molecular weight is 461 g/mol. The zero-order valence-electron chi connectivity index (χ0n) is 17.0. The lowest BCUT2D eigenvalue weighted by Gasteiger charge is -2.38. The third-order valence-corrected chi connectivity index (χ3v) is 9.84. The lowest BCUT2D eigenvalue weighted by Crippen LogP contribution is -2.43. The molecule has 0 bridgehead atoms. The lowest BCUT2D eigenvalue weighted by molar-refractivity contribution is 0.211. The minimum absolute atomic E-state index is 0.493. The quantitative estimate of drug-likeness (QED) is 0.474. The summed E-state index contributed by atoms with van der Waals surface area (Å²) in [5.74, 6) is 1.23. The van der Waals surface area contributed by atoms with Crippen LogP contribution in [0.3, 0.4) is 0 Å². The smallest absolute Gasteiger partial charge is 0.424 e.